The number of rotatable bonds is 11. The van der Waals surface area contributed by atoms with Gasteiger partial charge in [-0.3, -0.25) is 9.59 Å². The van der Waals surface area contributed by atoms with E-state index in [9.17, 15) is 14.4 Å². The molecule has 0 spiro atoms. The molecule has 0 fully saturated rings. The van der Waals surface area contributed by atoms with E-state index in [-0.39, 0.29) is 17.6 Å². The van der Waals surface area contributed by atoms with Crippen LogP contribution in [-0.4, -0.2) is 52.3 Å². The first kappa shape index (κ1) is 29.8. The van der Waals surface area contributed by atoms with E-state index >= 15 is 0 Å². The lowest BCUT2D eigenvalue weighted by Gasteiger charge is -2.44. The minimum absolute atomic E-state index is 0.0618. The molecule has 0 aliphatic rings. The Bertz CT molecular complexity index is 836. The van der Waals surface area contributed by atoms with Gasteiger partial charge in [-0.25, -0.2) is 4.79 Å². The number of benzene rings is 1. The molecule has 0 radical (unpaired) electrons. The Labute approximate surface area is 210 Å². The van der Waals surface area contributed by atoms with Gasteiger partial charge in [-0.15, -0.1) is 0 Å². The molecule has 0 heterocycles. The molecule has 0 aliphatic carbocycles. The van der Waals surface area contributed by atoms with Gasteiger partial charge >= 0.3 is 6.09 Å². The van der Waals surface area contributed by atoms with Gasteiger partial charge in [-0.2, -0.15) is 12.6 Å². The number of aryl methyl sites for hydroxylation is 1. The summed E-state index contributed by atoms with van der Waals surface area (Å²) in [6, 6.07) is 5.76. The molecule has 34 heavy (non-hydrogen) atoms. The monoisotopic (exact) mass is 493 g/mol. The summed E-state index contributed by atoms with van der Waals surface area (Å²) in [5.74, 6) is -0.564. The van der Waals surface area contributed by atoms with Crippen molar-refractivity contribution in [1.82, 2.24) is 15.5 Å². The van der Waals surface area contributed by atoms with Crippen LogP contribution >= 0.6 is 12.6 Å². The number of nitrogens with zero attached hydrogens (tertiary/aromatic N) is 1. The standard InChI is InChI=1S/C26H43N3O4S/c1-9-11-16-27-22(30)21(19-15-13-12-14-18(19)3)29(26(7,8)10-2)23(31)20(17-34)28-24(32)33-25(4,5)6/h12-15,20-21,34H,9-11,16-17H2,1-8H3,(H,27,30)(H,28,32). The Morgan fingerprint density at radius 2 is 1.71 bits per heavy atom. The molecule has 2 unspecified atom stereocenters. The summed E-state index contributed by atoms with van der Waals surface area (Å²) in [6.07, 6.45) is 1.69. The second-order valence-corrected chi connectivity index (χ2v) is 10.5. The third-order valence-corrected chi connectivity index (χ3v) is 6.11. The number of carbonyl (C=O) groups is 3. The van der Waals surface area contributed by atoms with Crippen molar-refractivity contribution >= 4 is 30.5 Å². The van der Waals surface area contributed by atoms with E-state index in [0.717, 1.165) is 24.0 Å². The van der Waals surface area contributed by atoms with Crippen molar-refractivity contribution < 1.29 is 19.1 Å². The van der Waals surface area contributed by atoms with E-state index in [0.29, 0.717) is 13.0 Å². The molecule has 0 aliphatic heterocycles. The average Bonchev–Trinajstić information content (AvgIpc) is 2.74. The van der Waals surface area contributed by atoms with Gasteiger partial charge in [0.2, 0.25) is 11.8 Å². The third kappa shape index (κ3) is 8.53. The zero-order valence-electron chi connectivity index (χ0n) is 22.0. The summed E-state index contributed by atoms with van der Waals surface area (Å²) in [5, 5.41) is 5.66. The minimum Gasteiger partial charge on any atom is -0.444 e. The Morgan fingerprint density at radius 3 is 2.21 bits per heavy atom. The molecule has 2 atom stereocenters. The van der Waals surface area contributed by atoms with Crippen molar-refractivity contribution in [2.24, 2.45) is 0 Å². The SMILES string of the molecule is CCCCNC(=O)C(c1ccccc1C)N(C(=O)C(CS)NC(=O)OC(C)(C)C)C(C)(C)CC. The van der Waals surface area contributed by atoms with Crippen LogP contribution in [0.1, 0.15) is 84.9 Å². The molecular weight excluding hydrogens is 450 g/mol. The van der Waals surface area contributed by atoms with Crippen LogP contribution in [0.4, 0.5) is 4.79 Å². The maximum atomic E-state index is 14.0. The van der Waals surface area contributed by atoms with Gasteiger partial charge < -0.3 is 20.3 Å². The van der Waals surface area contributed by atoms with Gasteiger partial charge in [0.05, 0.1) is 0 Å². The summed E-state index contributed by atoms with van der Waals surface area (Å²) in [5.41, 5.74) is 0.273. The summed E-state index contributed by atoms with van der Waals surface area (Å²) >= 11 is 4.34. The first-order chi connectivity index (χ1) is 15.8. The third-order valence-electron chi connectivity index (χ3n) is 5.75. The summed E-state index contributed by atoms with van der Waals surface area (Å²) in [4.78, 5) is 41.6. The highest BCUT2D eigenvalue weighted by Gasteiger charge is 2.43. The van der Waals surface area contributed by atoms with E-state index in [1.165, 1.54) is 0 Å². The van der Waals surface area contributed by atoms with Gasteiger partial charge in [0.1, 0.15) is 17.7 Å². The van der Waals surface area contributed by atoms with Crippen molar-refractivity contribution in [1.29, 1.82) is 0 Å². The number of carbonyl (C=O) groups excluding carboxylic acids is 3. The molecule has 0 saturated heterocycles. The molecular formula is C26H43N3O4S. The predicted molar refractivity (Wildman–Crippen MR) is 140 cm³/mol. The highest BCUT2D eigenvalue weighted by molar-refractivity contribution is 7.80. The highest BCUT2D eigenvalue weighted by atomic mass is 32.1. The first-order valence-corrected chi connectivity index (χ1v) is 12.7. The fourth-order valence-corrected chi connectivity index (χ4v) is 3.77. The van der Waals surface area contributed by atoms with Crippen molar-refractivity contribution in [3.8, 4) is 0 Å². The van der Waals surface area contributed by atoms with Crippen molar-refractivity contribution in [2.45, 2.75) is 97.9 Å². The fourth-order valence-electron chi connectivity index (χ4n) is 3.52. The minimum atomic E-state index is -0.959. The van der Waals surface area contributed by atoms with Crippen LogP contribution in [0.15, 0.2) is 24.3 Å². The summed E-state index contributed by atoms with van der Waals surface area (Å²) in [6.45, 7) is 15.6. The van der Waals surface area contributed by atoms with E-state index in [1.54, 1.807) is 25.7 Å². The number of nitrogens with one attached hydrogen (secondary N) is 2. The molecule has 0 saturated carbocycles. The van der Waals surface area contributed by atoms with Gasteiger partial charge in [-0.1, -0.05) is 44.5 Å². The average molecular weight is 494 g/mol. The Balaban J connectivity index is 3.50. The number of unbranched alkanes of at least 4 members (excludes halogenated alkanes) is 1. The zero-order valence-corrected chi connectivity index (χ0v) is 22.9. The van der Waals surface area contributed by atoms with Gasteiger partial charge in [0.15, 0.2) is 0 Å². The maximum absolute atomic E-state index is 14.0. The van der Waals surface area contributed by atoms with Gasteiger partial charge in [-0.05, 0) is 65.5 Å². The molecule has 1 rings (SSSR count). The van der Waals surface area contributed by atoms with Crippen LogP contribution in [0, 0.1) is 6.92 Å². The Hall–Kier alpha value is -2.22. The number of ether oxygens (including phenoxy) is 1. The van der Waals surface area contributed by atoms with Crippen LogP contribution < -0.4 is 10.6 Å². The Kier molecular flexibility index (Phi) is 11.4. The van der Waals surface area contributed by atoms with Crippen molar-refractivity contribution in [3.63, 3.8) is 0 Å². The van der Waals surface area contributed by atoms with Crippen LogP contribution in [0.5, 0.6) is 0 Å². The second kappa shape index (κ2) is 13.0. The van der Waals surface area contributed by atoms with E-state index in [4.69, 9.17) is 4.74 Å². The number of alkyl carbamates (subject to hydrolysis) is 1. The molecule has 2 N–H and O–H groups in total. The van der Waals surface area contributed by atoms with E-state index in [1.807, 2.05) is 52.0 Å². The molecule has 192 valence electrons. The molecule has 1 aromatic rings. The van der Waals surface area contributed by atoms with Crippen molar-refractivity contribution in [3.05, 3.63) is 35.4 Å². The number of amides is 3. The zero-order chi connectivity index (χ0) is 26.1. The number of hydrogen-bond acceptors (Lipinski definition) is 5. The van der Waals surface area contributed by atoms with Crippen molar-refractivity contribution in [2.75, 3.05) is 12.3 Å². The molecule has 7 nitrogen and oxygen atoms in total. The normalized spacial score (nSPS) is 13.6. The van der Waals surface area contributed by atoms with E-state index < -0.39 is 29.3 Å². The molecule has 0 bridgehead atoms. The van der Waals surface area contributed by atoms with Gasteiger partial charge in [0, 0.05) is 17.8 Å². The largest absolute Gasteiger partial charge is 0.444 e. The lowest BCUT2D eigenvalue weighted by molar-refractivity contribution is -0.148. The van der Waals surface area contributed by atoms with Crippen LogP contribution in [-0.2, 0) is 14.3 Å². The number of hydrogen-bond donors (Lipinski definition) is 3. The molecule has 3 amide bonds. The maximum Gasteiger partial charge on any atom is 0.408 e. The summed E-state index contributed by atoms with van der Waals surface area (Å²) in [7, 11) is 0. The fraction of sp³-hybridized carbons (Fsp3) is 0.654. The molecule has 8 heteroatoms. The second-order valence-electron chi connectivity index (χ2n) is 10.2. The van der Waals surface area contributed by atoms with Crippen LogP contribution in [0.2, 0.25) is 0 Å². The lowest BCUT2D eigenvalue weighted by Crippen LogP contribution is -2.60. The molecule has 1 aromatic carbocycles. The Morgan fingerprint density at radius 1 is 1.09 bits per heavy atom. The lowest BCUT2D eigenvalue weighted by atomic mass is 9.90. The first-order valence-electron chi connectivity index (χ1n) is 12.1. The van der Waals surface area contributed by atoms with Crippen LogP contribution in [0.3, 0.4) is 0 Å². The highest BCUT2D eigenvalue weighted by Crippen LogP contribution is 2.33. The number of thiol groups is 1. The van der Waals surface area contributed by atoms with E-state index in [2.05, 4.69) is 30.2 Å². The topological polar surface area (TPSA) is 87.7 Å². The summed E-state index contributed by atoms with van der Waals surface area (Å²) < 4.78 is 5.36. The quantitative estimate of drug-likeness (QED) is 0.305. The smallest absolute Gasteiger partial charge is 0.408 e. The van der Waals surface area contributed by atoms with Crippen LogP contribution in [0.25, 0.3) is 0 Å². The molecule has 0 aromatic heterocycles. The predicted octanol–water partition coefficient (Wildman–Crippen LogP) is 4.79. The van der Waals surface area contributed by atoms with Gasteiger partial charge in [0.25, 0.3) is 0 Å².